The van der Waals surface area contributed by atoms with E-state index in [1.807, 2.05) is 31.9 Å². The molecular formula is C18H19ClFNO. The Morgan fingerprint density at radius 1 is 1.18 bits per heavy atom. The van der Waals surface area contributed by atoms with E-state index in [-0.39, 0.29) is 5.75 Å². The lowest BCUT2D eigenvalue weighted by Gasteiger charge is -2.21. The first-order chi connectivity index (χ1) is 10.5. The molecule has 0 bridgehead atoms. The van der Waals surface area contributed by atoms with E-state index in [2.05, 4.69) is 6.08 Å². The smallest absolute Gasteiger partial charge is 0.165 e. The molecule has 0 aliphatic carbocycles. The van der Waals surface area contributed by atoms with Crippen molar-refractivity contribution < 1.29 is 9.13 Å². The van der Waals surface area contributed by atoms with Crippen LogP contribution in [0.5, 0.6) is 11.5 Å². The first kappa shape index (κ1) is 16.4. The molecule has 0 aromatic heterocycles. The maximum atomic E-state index is 13.8. The summed E-state index contributed by atoms with van der Waals surface area (Å²) in [6.07, 6.45) is 2.11. The average molecular weight is 320 g/mol. The Morgan fingerprint density at radius 3 is 2.59 bits per heavy atom. The highest BCUT2D eigenvalue weighted by molar-refractivity contribution is 6.30. The van der Waals surface area contributed by atoms with Crippen molar-refractivity contribution in [3.05, 3.63) is 65.0 Å². The second-order valence-electron chi connectivity index (χ2n) is 5.31. The number of anilines is 1. The molecular weight excluding hydrogens is 301 g/mol. The van der Waals surface area contributed by atoms with E-state index in [0.717, 1.165) is 12.2 Å². The predicted octanol–water partition coefficient (Wildman–Crippen LogP) is 5.67. The van der Waals surface area contributed by atoms with Crippen LogP contribution in [0.2, 0.25) is 5.02 Å². The third kappa shape index (κ3) is 4.25. The fourth-order valence-corrected chi connectivity index (χ4v) is 2.11. The van der Waals surface area contributed by atoms with E-state index in [1.54, 1.807) is 30.3 Å². The molecule has 0 aliphatic rings. The number of ether oxygens (including phenoxy) is 1. The van der Waals surface area contributed by atoms with Crippen molar-refractivity contribution in [2.75, 3.05) is 18.5 Å². The molecule has 116 valence electrons. The third-order valence-corrected chi connectivity index (χ3v) is 3.40. The number of hydrogen-bond acceptors (Lipinski definition) is 2. The van der Waals surface area contributed by atoms with Crippen molar-refractivity contribution in [3.8, 4) is 11.5 Å². The second kappa shape index (κ2) is 7.32. The molecule has 0 N–H and O–H groups in total. The summed E-state index contributed by atoms with van der Waals surface area (Å²) in [5, 5.41) is 0.547. The first-order valence-electron chi connectivity index (χ1n) is 7.04. The molecule has 22 heavy (non-hydrogen) atoms. The standard InChI is InChI=1S/C18H19ClFNO/c1-13(2)10-11-21(3)16-9-8-14(19)12-18(16)22-17-7-5-4-6-15(17)20/h4-10,12H,11H2,1-3H3. The Bertz CT molecular complexity index is 681. The predicted molar refractivity (Wildman–Crippen MR) is 90.6 cm³/mol. The molecule has 0 spiro atoms. The SMILES string of the molecule is CC(C)=CCN(C)c1ccc(Cl)cc1Oc1ccccc1F. The maximum Gasteiger partial charge on any atom is 0.165 e. The minimum Gasteiger partial charge on any atom is -0.452 e. The Hall–Kier alpha value is -2.00. The van der Waals surface area contributed by atoms with Crippen LogP contribution >= 0.6 is 11.6 Å². The van der Waals surface area contributed by atoms with Gasteiger partial charge in [0.25, 0.3) is 0 Å². The molecule has 0 unspecified atom stereocenters. The van der Waals surface area contributed by atoms with Gasteiger partial charge >= 0.3 is 0 Å². The van der Waals surface area contributed by atoms with E-state index in [1.165, 1.54) is 11.6 Å². The largest absolute Gasteiger partial charge is 0.452 e. The quantitative estimate of drug-likeness (QED) is 0.658. The Kier molecular flexibility index (Phi) is 5.45. The van der Waals surface area contributed by atoms with E-state index < -0.39 is 5.82 Å². The molecule has 0 heterocycles. The van der Waals surface area contributed by atoms with Crippen LogP contribution in [0.1, 0.15) is 13.8 Å². The van der Waals surface area contributed by atoms with Gasteiger partial charge in [-0.05, 0) is 38.1 Å². The monoisotopic (exact) mass is 319 g/mol. The highest BCUT2D eigenvalue weighted by atomic mass is 35.5. The molecule has 0 saturated carbocycles. The van der Waals surface area contributed by atoms with Gasteiger partial charge in [0.05, 0.1) is 5.69 Å². The molecule has 4 heteroatoms. The molecule has 2 rings (SSSR count). The Morgan fingerprint density at radius 2 is 1.91 bits per heavy atom. The van der Waals surface area contributed by atoms with Crippen LogP contribution in [0.15, 0.2) is 54.1 Å². The first-order valence-corrected chi connectivity index (χ1v) is 7.41. The highest BCUT2D eigenvalue weighted by Gasteiger charge is 2.12. The fourth-order valence-electron chi connectivity index (χ4n) is 1.95. The summed E-state index contributed by atoms with van der Waals surface area (Å²) in [6.45, 7) is 4.83. The van der Waals surface area contributed by atoms with E-state index in [9.17, 15) is 4.39 Å². The Balaban J connectivity index is 2.32. The summed E-state index contributed by atoms with van der Waals surface area (Å²) in [7, 11) is 1.96. The number of hydrogen-bond donors (Lipinski definition) is 0. The van der Waals surface area contributed by atoms with Gasteiger partial charge < -0.3 is 9.64 Å². The zero-order chi connectivity index (χ0) is 16.1. The van der Waals surface area contributed by atoms with E-state index in [4.69, 9.17) is 16.3 Å². The van der Waals surface area contributed by atoms with Crippen LogP contribution in [0.25, 0.3) is 0 Å². The molecule has 2 aromatic rings. The van der Waals surface area contributed by atoms with Crippen LogP contribution in [-0.4, -0.2) is 13.6 Å². The Labute approximate surface area is 135 Å². The molecule has 0 fully saturated rings. The van der Waals surface area contributed by atoms with Gasteiger partial charge in [-0.25, -0.2) is 4.39 Å². The van der Waals surface area contributed by atoms with Crippen LogP contribution in [0.3, 0.4) is 0 Å². The number of para-hydroxylation sites is 1. The second-order valence-corrected chi connectivity index (χ2v) is 5.74. The summed E-state index contributed by atoms with van der Waals surface area (Å²) in [4.78, 5) is 2.03. The van der Waals surface area contributed by atoms with Gasteiger partial charge in [0.2, 0.25) is 0 Å². The lowest BCUT2D eigenvalue weighted by Crippen LogP contribution is -2.17. The minimum absolute atomic E-state index is 0.182. The zero-order valence-corrected chi connectivity index (χ0v) is 13.7. The average Bonchev–Trinajstić information content (AvgIpc) is 2.47. The zero-order valence-electron chi connectivity index (χ0n) is 12.9. The van der Waals surface area contributed by atoms with Gasteiger partial charge in [-0.2, -0.15) is 0 Å². The van der Waals surface area contributed by atoms with Crippen LogP contribution in [-0.2, 0) is 0 Å². The van der Waals surface area contributed by atoms with Crippen LogP contribution in [0.4, 0.5) is 10.1 Å². The highest BCUT2D eigenvalue weighted by Crippen LogP contribution is 2.35. The maximum absolute atomic E-state index is 13.8. The van der Waals surface area contributed by atoms with Crippen molar-refractivity contribution in [2.24, 2.45) is 0 Å². The van der Waals surface area contributed by atoms with E-state index >= 15 is 0 Å². The van der Waals surface area contributed by atoms with Crippen molar-refractivity contribution in [3.63, 3.8) is 0 Å². The van der Waals surface area contributed by atoms with Gasteiger partial charge in [-0.15, -0.1) is 0 Å². The molecule has 0 amide bonds. The van der Waals surface area contributed by atoms with E-state index in [0.29, 0.717) is 10.8 Å². The summed E-state index contributed by atoms with van der Waals surface area (Å²) >= 11 is 6.05. The summed E-state index contributed by atoms with van der Waals surface area (Å²) < 4.78 is 19.5. The molecule has 2 aromatic carbocycles. The van der Waals surface area contributed by atoms with Crippen molar-refractivity contribution in [1.29, 1.82) is 0 Å². The number of benzene rings is 2. The summed E-state index contributed by atoms with van der Waals surface area (Å²) in [6, 6.07) is 11.7. The van der Waals surface area contributed by atoms with Gasteiger partial charge in [0.1, 0.15) is 0 Å². The van der Waals surface area contributed by atoms with Crippen LogP contribution in [0, 0.1) is 5.82 Å². The third-order valence-electron chi connectivity index (χ3n) is 3.16. The number of halogens is 2. The minimum atomic E-state index is -0.402. The van der Waals surface area contributed by atoms with Crippen LogP contribution < -0.4 is 9.64 Å². The van der Waals surface area contributed by atoms with Crippen molar-refractivity contribution in [1.82, 2.24) is 0 Å². The molecule has 0 aliphatic heterocycles. The lowest BCUT2D eigenvalue weighted by molar-refractivity contribution is 0.442. The summed E-state index contributed by atoms with van der Waals surface area (Å²) in [5.74, 6) is 0.310. The van der Waals surface area contributed by atoms with Gasteiger partial charge in [0.15, 0.2) is 17.3 Å². The lowest BCUT2D eigenvalue weighted by atomic mass is 10.2. The van der Waals surface area contributed by atoms with Crippen molar-refractivity contribution in [2.45, 2.75) is 13.8 Å². The topological polar surface area (TPSA) is 12.5 Å². The number of nitrogens with zero attached hydrogens (tertiary/aromatic N) is 1. The van der Waals surface area contributed by atoms with Crippen molar-refractivity contribution >= 4 is 17.3 Å². The number of allylic oxidation sites excluding steroid dienone is 1. The molecule has 0 saturated heterocycles. The van der Waals surface area contributed by atoms with Gasteiger partial charge in [-0.3, -0.25) is 0 Å². The molecule has 2 nitrogen and oxygen atoms in total. The molecule has 0 radical (unpaired) electrons. The summed E-state index contributed by atoms with van der Waals surface area (Å²) in [5.41, 5.74) is 2.09. The van der Waals surface area contributed by atoms with Gasteiger partial charge in [0, 0.05) is 24.7 Å². The number of likely N-dealkylation sites (N-methyl/N-ethyl adjacent to an activating group) is 1. The fraction of sp³-hybridized carbons (Fsp3) is 0.222. The molecule has 0 atom stereocenters. The van der Waals surface area contributed by atoms with Gasteiger partial charge in [-0.1, -0.05) is 35.4 Å². The normalized spacial score (nSPS) is 10.2. The number of rotatable bonds is 5.